The van der Waals surface area contributed by atoms with Gasteiger partial charge in [-0.05, 0) is 42.8 Å². The van der Waals surface area contributed by atoms with Crippen molar-refractivity contribution in [3.63, 3.8) is 0 Å². The molecule has 2 aromatic rings. The van der Waals surface area contributed by atoms with E-state index in [1.165, 1.54) is 0 Å². The average Bonchev–Trinajstić information content (AvgIpc) is 2.53. The topological polar surface area (TPSA) is 92.9 Å². The second kappa shape index (κ2) is 7.96. The van der Waals surface area contributed by atoms with Gasteiger partial charge in [0.05, 0.1) is 11.9 Å². The number of rotatable bonds is 7. The summed E-state index contributed by atoms with van der Waals surface area (Å²) < 4.78 is 0. The highest BCUT2D eigenvalue weighted by atomic mass is 16.1. The van der Waals surface area contributed by atoms with Crippen LogP contribution in [0.5, 0.6) is 0 Å². The highest BCUT2D eigenvalue weighted by Gasteiger charge is 2.02. The number of carbonyl (C=O) groups is 1. The predicted octanol–water partition coefficient (Wildman–Crippen LogP) is 1.77. The summed E-state index contributed by atoms with van der Waals surface area (Å²) in [6.45, 7) is 1.20. The number of hydrogen-bond acceptors (Lipinski definition) is 5. The second-order valence-electron chi connectivity index (χ2n) is 4.58. The summed E-state index contributed by atoms with van der Waals surface area (Å²) in [4.78, 5) is 19.8. The monoisotopic (exact) mass is 285 g/mol. The summed E-state index contributed by atoms with van der Waals surface area (Å²) in [6.07, 6.45) is 6.26. The molecule has 0 aliphatic rings. The molecule has 0 atom stereocenters. The molecule has 2 heterocycles. The Morgan fingerprint density at radius 1 is 1.19 bits per heavy atom. The van der Waals surface area contributed by atoms with Gasteiger partial charge in [0.2, 0.25) is 5.91 Å². The lowest BCUT2D eigenvalue weighted by Crippen LogP contribution is -2.13. The maximum atomic E-state index is 11.6. The molecule has 6 heteroatoms. The first kappa shape index (κ1) is 14.9. The van der Waals surface area contributed by atoms with E-state index in [9.17, 15) is 4.79 Å². The summed E-state index contributed by atoms with van der Waals surface area (Å²) in [5, 5.41) is 5.99. The molecule has 0 bridgehead atoms. The molecule has 0 aliphatic carbocycles. The van der Waals surface area contributed by atoms with Gasteiger partial charge >= 0.3 is 0 Å². The van der Waals surface area contributed by atoms with Crippen molar-refractivity contribution in [3.05, 3.63) is 48.4 Å². The van der Waals surface area contributed by atoms with Crippen LogP contribution in [-0.2, 0) is 11.3 Å². The minimum absolute atomic E-state index is 0.0419. The summed E-state index contributed by atoms with van der Waals surface area (Å²) in [6, 6.07) is 7.54. The molecular formula is C15H19N5O. The number of nitrogens with zero attached hydrogens (tertiary/aromatic N) is 2. The zero-order chi connectivity index (χ0) is 14.9. The van der Waals surface area contributed by atoms with E-state index in [1.54, 1.807) is 18.6 Å². The molecule has 0 spiro atoms. The van der Waals surface area contributed by atoms with Crippen molar-refractivity contribution >= 4 is 17.4 Å². The molecule has 0 unspecified atom stereocenters. The average molecular weight is 285 g/mol. The first-order chi connectivity index (χ1) is 10.3. The molecule has 2 rings (SSSR count). The van der Waals surface area contributed by atoms with Gasteiger partial charge in [-0.1, -0.05) is 0 Å². The zero-order valence-corrected chi connectivity index (χ0v) is 11.7. The Bertz CT molecular complexity index is 556. The van der Waals surface area contributed by atoms with Gasteiger partial charge in [-0.25, -0.2) is 4.98 Å². The maximum Gasteiger partial charge on any atom is 0.224 e. The third-order valence-corrected chi connectivity index (χ3v) is 2.88. The Kier molecular flexibility index (Phi) is 5.66. The van der Waals surface area contributed by atoms with Gasteiger partial charge in [0.15, 0.2) is 0 Å². The molecule has 110 valence electrons. The van der Waals surface area contributed by atoms with Gasteiger partial charge in [-0.2, -0.15) is 0 Å². The van der Waals surface area contributed by atoms with E-state index in [2.05, 4.69) is 20.6 Å². The Morgan fingerprint density at radius 3 is 2.67 bits per heavy atom. The van der Waals surface area contributed by atoms with Crippen LogP contribution in [0.4, 0.5) is 11.5 Å². The molecule has 2 aromatic heterocycles. The van der Waals surface area contributed by atoms with Crippen LogP contribution in [0, 0.1) is 0 Å². The molecule has 0 saturated heterocycles. The standard InChI is InChI=1S/C15H19N5O/c16-7-1-2-15(21)20-13-3-4-14(19-11-13)18-10-12-5-8-17-9-6-12/h3-6,8-9,11H,1-2,7,10,16H2,(H,18,19)(H,20,21). The van der Waals surface area contributed by atoms with E-state index in [0.29, 0.717) is 31.6 Å². The molecule has 6 nitrogen and oxygen atoms in total. The Morgan fingerprint density at radius 2 is 2.00 bits per heavy atom. The molecule has 0 fully saturated rings. The number of amides is 1. The van der Waals surface area contributed by atoms with Crippen LogP contribution in [0.3, 0.4) is 0 Å². The van der Waals surface area contributed by atoms with Gasteiger partial charge < -0.3 is 16.4 Å². The number of hydrogen-bond donors (Lipinski definition) is 3. The molecule has 0 radical (unpaired) electrons. The number of nitrogens with one attached hydrogen (secondary N) is 2. The van der Waals surface area contributed by atoms with Crippen LogP contribution in [0.1, 0.15) is 18.4 Å². The van der Waals surface area contributed by atoms with E-state index in [1.807, 2.05) is 24.3 Å². The highest BCUT2D eigenvalue weighted by Crippen LogP contribution is 2.11. The predicted molar refractivity (Wildman–Crippen MR) is 82.7 cm³/mol. The fraction of sp³-hybridized carbons (Fsp3) is 0.267. The van der Waals surface area contributed by atoms with Gasteiger partial charge in [0, 0.05) is 25.4 Å². The Hall–Kier alpha value is -2.47. The van der Waals surface area contributed by atoms with E-state index in [-0.39, 0.29) is 5.91 Å². The summed E-state index contributed by atoms with van der Waals surface area (Å²) >= 11 is 0. The molecular weight excluding hydrogens is 266 g/mol. The Labute approximate surface area is 123 Å². The van der Waals surface area contributed by atoms with Crippen LogP contribution < -0.4 is 16.4 Å². The van der Waals surface area contributed by atoms with Crippen LogP contribution in [0.15, 0.2) is 42.9 Å². The summed E-state index contributed by atoms with van der Waals surface area (Å²) in [5.41, 5.74) is 7.18. The molecule has 4 N–H and O–H groups in total. The molecule has 0 aromatic carbocycles. The van der Waals surface area contributed by atoms with Crippen LogP contribution in [-0.4, -0.2) is 22.4 Å². The number of anilines is 2. The first-order valence-corrected chi connectivity index (χ1v) is 6.86. The molecule has 0 saturated carbocycles. The molecule has 1 amide bonds. The van der Waals surface area contributed by atoms with E-state index in [4.69, 9.17) is 5.73 Å². The van der Waals surface area contributed by atoms with Crippen molar-refractivity contribution in [2.24, 2.45) is 5.73 Å². The van der Waals surface area contributed by atoms with Crippen LogP contribution in [0.2, 0.25) is 0 Å². The smallest absolute Gasteiger partial charge is 0.224 e. The van der Waals surface area contributed by atoms with Crippen LogP contribution in [0.25, 0.3) is 0 Å². The minimum Gasteiger partial charge on any atom is -0.366 e. The lowest BCUT2D eigenvalue weighted by molar-refractivity contribution is -0.116. The maximum absolute atomic E-state index is 11.6. The molecule has 21 heavy (non-hydrogen) atoms. The van der Waals surface area contributed by atoms with Crippen molar-refractivity contribution in [1.82, 2.24) is 9.97 Å². The van der Waals surface area contributed by atoms with Crippen molar-refractivity contribution < 1.29 is 4.79 Å². The lowest BCUT2D eigenvalue weighted by atomic mass is 10.2. The second-order valence-corrected chi connectivity index (χ2v) is 4.58. The number of aromatic nitrogens is 2. The van der Waals surface area contributed by atoms with Gasteiger partial charge in [0.25, 0.3) is 0 Å². The van der Waals surface area contributed by atoms with Gasteiger partial charge in [-0.3, -0.25) is 9.78 Å². The fourth-order valence-electron chi connectivity index (χ4n) is 1.75. The van der Waals surface area contributed by atoms with Crippen molar-refractivity contribution in [1.29, 1.82) is 0 Å². The molecule has 0 aliphatic heterocycles. The fourth-order valence-corrected chi connectivity index (χ4v) is 1.75. The van der Waals surface area contributed by atoms with Crippen LogP contribution >= 0.6 is 0 Å². The Balaban J connectivity index is 1.83. The highest BCUT2D eigenvalue weighted by molar-refractivity contribution is 5.90. The quantitative estimate of drug-likeness (QED) is 0.721. The largest absolute Gasteiger partial charge is 0.366 e. The van der Waals surface area contributed by atoms with Gasteiger partial charge in [0.1, 0.15) is 5.82 Å². The number of pyridine rings is 2. The summed E-state index contributed by atoms with van der Waals surface area (Å²) in [7, 11) is 0. The van der Waals surface area contributed by atoms with Gasteiger partial charge in [-0.15, -0.1) is 0 Å². The third kappa shape index (κ3) is 5.19. The first-order valence-electron chi connectivity index (χ1n) is 6.86. The van der Waals surface area contributed by atoms with Crippen molar-refractivity contribution in [2.75, 3.05) is 17.2 Å². The van der Waals surface area contributed by atoms with E-state index in [0.717, 1.165) is 11.4 Å². The number of nitrogens with two attached hydrogens (primary N) is 1. The summed E-state index contributed by atoms with van der Waals surface area (Å²) in [5.74, 6) is 0.714. The van der Waals surface area contributed by atoms with E-state index >= 15 is 0 Å². The zero-order valence-electron chi connectivity index (χ0n) is 11.7. The number of carbonyl (C=O) groups excluding carboxylic acids is 1. The SMILES string of the molecule is NCCCC(=O)Nc1ccc(NCc2ccncc2)nc1. The normalized spacial score (nSPS) is 10.1. The van der Waals surface area contributed by atoms with Crippen molar-refractivity contribution in [2.45, 2.75) is 19.4 Å². The lowest BCUT2D eigenvalue weighted by Gasteiger charge is -2.07. The van der Waals surface area contributed by atoms with Crippen molar-refractivity contribution in [3.8, 4) is 0 Å². The minimum atomic E-state index is -0.0419. The third-order valence-electron chi connectivity index (χ3n) is 2.88. The van der Waals surface area contributed by atoms with E-state index < -0.39 is 0 Å².